The summed E-state index contributed by atoms with van der Waals surface area (Å²) in [5.41, 5.74) is 0.841. The predicted molar refractivity (Wildman–Crippen MR) is 80.7 cm³/mol. The molecule has 2 fully saturated rings. The number of rotatable bonds is 5. The fraction of sp³-hybridized carbons (Fsp3) is 0.706. The molecule has 0 aromatic carbocycles. The third kappa shape index (κ3) is 3.94. The van der Waals surface area contributed by atoms with E-state index < -0.39 is 0 Å². The van der Waals surface area contributed by atoms with Crippen molar-refractivity contribution in [2.24, 2.45) is 11.8 Å². The maximum atomic E-state index is 13.4. The molecule has 2 aliphatic rings. The van der Waals surface area contributed by atoms with Gasteiger partial charge in [0.2, 0.25) is 5.88 Å². The minimum atomic E-state index is -0.291. The number of hydrogen-bond acceptors (Lipinski definition) is 3. The third-order valence-corrected chi connectivity index (χ3v) is 4.88. The highest BCUT2D eigenvalue weighted by Crippen LogP contribution is 2.32. The second-order valence-corrected chi connectivity index (χ2v) is 6.78. The van der Waals surface area contributed by atoms with E-state index in [-0.39, 0.29) is 11.9 Å². The molecule has 1 heterocycles. The number of nitrogens with zero attached hydrogens (tertiary/aromatic N) is 1. The normalized spacial score (nSPS) is 29.4. The molecule has 0 radical (unpaired) electrons. The van der Waals surface area contributed by atoms with Crippen LogP contribution in [0.25, 0.3) is 0 Å². The molecule has 0 aliphatic heterocycles. The first kappa shape index (κ1) is 14.8. The van der Waals surface area contributed by atoms with Crippen molar-refractivity contribution in [2.45, 2.75) is 64.6 Å². The molecule has 1 aromatic rings. The lowest BCUT2D eigenvalue weighted by atomic mass is 9.80. The molecule has 2 aliphatic carbocycles. The molecule has 0 amide bonds. The molecule has 3 atom stereocenters. The van der Waals surface area contributed by atoms with Crippen molar-refractivity contribution in [2.75, 3.05) is 0 Å². The van der Waals surface area contributed by atoms with Crippen molar-refractivity contribution in [3.8, 4) is 5.88 Å². The van der Waals surface area contributed by atoms with Gasteiger partial charge in [-0.3, -0.25) is 0 Å². The summed E-state index contributed by atoms with van der Waals surface area (Å²) in [6.45, 7) is 5.24. The topological polar surface area (TPSA) is 34.1 Å². The predicted octanol–water partition coefficient (Wildman–Crippen LogP) is 3.68. The Kier molecular flexibility index (Phi) is 4.43. The fourth-order valence-electron chi connectivity index (χ4n) is 3.01. The van der Waals surface area contributed by atoms with Crippen molar-refractivity contribution in [3.63, 3.8) is 0 Å². The van der Waals surface area contributed by atoms with Crippen LogP contribution in [0, 0.1) is 17.7 Å². The highest BCUT2D eigenvalue weighted by Gasteiger charge is 2.27. The van der Waals surface area contributed by atoms with E-state index in [2.05, 4.69) is 24.1 Å². The van der Waals surface area contributed by atoms with Gasteiger partial charge in [0.15, 0.2) is 0 Å². The maximum absolute atomic E-state index is 13.4. The number of hydrogen-bond donors (Lipinski definition) is 1. The van der Waals surface area contributed by atoms with Gasteiger partial charge in [0.1, 0.15) is 11.9 Å². The average Bonchev–Trinajstić information content (AvgIpc) is 3.27. The van der Waals surface area contributed by atoms with E-state index in [4.69, 9.17) is 4.74 Å². The molecule has 4 heteroatoms. The first-order valence-corrected chi connectivity index (χ1v) is 8.16. The number of aromatic nitrogens is 1. The highest BCUT2D eigenvalue weighted by atomic mass is 19.1. The van der Waals surface area contributed by atoms with E-state index in [1.807, 2.05) is 0 Å². The zero-order chi connectivity index (χ0) is 14.8. The van der Waals surface area contributed by atoms with Crippen molar-refractivity contribution in [3.05, 3.63) is 23.6 Å². The number of nitrogens with one attached hydrogen (secondary N) is 1. The lowest BCUT2D eigenvalue weighted by Crippen LogP contribution is -2.29. The lowest BCUT2D eigenvalue weighted by molar-refractivity contribution is 0.0951. The Labute approximate surface area is 126 Å². The van der Waals surface area contributed by atoms with Crippen LogP contribution in [0.5, 0.6) is 5.88 Å². The Morgan fingerprint density at radius 1 is 1.24 bits per heavy atom. The Hall–Kier alpha value is -1.16. The standard InChI is InChI=1S/C17H25FN2O/c1-11-3-6-16(7-12(11)2)21-17-13(8-14(18)10-20-17)9-19-15-4-5-15/h8,10-12,15-16,19H,3-7,9H2,1-2H3. The molecule has 2 saturated carbocycles. The zero-order valence-corrected chi connectivity index (χ0v) is 12.9. The van der Waals surface area contributed by atoms with Crippen LogP contribution in [0.1, 0.15) is 51.5 Å². The van der Waals surface area contributed by atoms with Crippen LogP contribution in [-0.2, 0) is 6.54 Å². The highest BCUT2D eigenvalue weighted by molar-refractivity contribution is 5.26. The van der Waals surface area contributed by atoms with Gasteiger partial charge < -0.3 is 10.1 Å². The SMILES string of the molecule is CC1CCC(Oc2ncc(F)cc2CNC2CC2)CC1C. The van der Waals surface area contributed by atoms with E-state index >= 15 is 0 Å². The van der Waals surface area contributed by atoms with Crippen molar-refractivity contribution < 1.29 is 9.13 Å². The molecule has 0 saturated heterocycles. The van der Waals surface area contributed by atoms with Crippen molar-refractivity contribution in [1.82, 2.24) is 10.3 Å². The monoisotopic (exact) mass is 292 g/mol. The summed E-state index contributed by atoms with van der Waals surface area (Å²) < 4.78 is 19.5. The summed E-state index contributed by atoms with van der Waals surface area (Å²) in [5.74, 6) is 1.76. The average molecular weight is 292 g/mol. The lowest BCUT2D eigenvalue weighted by Gasteiger charge is -2.32. The van der Waals surface area contributed by atoms with Gasteiger partial charge in [-0.1, -0.05) is 13.8 Å². The Balaban J connectivity index is 1.65. The summed E-state index contributed by atoms with van der Waals surface area (Å²) in [6, 6.07) is 2.14. The Morgan fingerprint density at radius 2 is 2.05 bits per heavy atom. The second kappa shape index (κ2) is 6.30. The number of halogens is 1. The van der Waals surface area contributed by atoms with Crippen molar-refractivity contribution in [1.29, 1.82) is 0 Å². The maximum Gasteiger partial charge on any atom is 0.218 e. The van der Waals surface area contributed by atoms with Gasteiger partial charge >= 0.3 is 0 Å². The molecule has 21 heavy (non-hydrogen) atoms. The second-order valence-electron chi connectivity index (χ2n) is 6.78. The summed E-state index contributed by atoms with van der Waals surface area (Å²) in [5, 5.41) is 3.41. The first-order valence-electron chi connectivity index (χ1n) is 8.16. The molecule has 1 N–H and O–H groups in total. The van der Waals surface area contributed by atoms with E-state index in [1.165, 1.54) is 25.5 Å². The molecule has 116 valence electrons. The van der Waals surface area contributed by atoms with Gasteiger partial charge in [-0.15, -0.1) is 0 Å². The van der Waals surface area contributed by atoms with E-state index in [1.54, 1.807) is 6.07 Å². The van der Waals surface area contributed by atoms with Crippen LogP contribution in [0.4, 0.5) is 4.39 Å². The zero-order valence-electron chi connectivity index (χ0n) is 12.9. The number of ether oxygens (including phenoxy) is 1. The summed E-state index contributed by atoms with van der Waals surface area (Å²) in [7, 11) is 0. The molecular weight excluding hydrogens is 267 g/mol. The van der Waals surface area contributed by atoms with Gasteiger partial charge in [-0.2, -0.15) is 0 Å². The molecular formula is C17H25FN2O. The minimum absolute atomic E-state index is 0.217. The van der Waals surface area contributed by atoms with Crippen molar-refractivity contribution >= 4 is 0 Å². The quantitative estimate of drug-likeness (QED) is 0.899. The number of pyridine rings is 1. The Morgan fingerprint density at radius 3 is 2.76 bits per heavy atom. The summed E-state index contributed by atoms with van der Waals surface area (Å²) in [4.78, 5) is 4.18. The molecule has 0 spiro atoms. The van der Waals surface area contributed by atoms with E-state index in [0.717, 1.165) is 24.3 Å². The molecule has 3 unspecified atom stereocenters. The van der Waals surface area contributed by atoms with Gasteiger partial charge in [-0.05, 0) is 50.0 Å². The largest absolute Gasteiger partial charge is 0.474 e. The smallest absolute Gasteiger partial charge is 0.218 e. The van der Waals surface area contributed by atoms with Crippen LogP contribution < -0.4 is 10.1 Å². The fourth-order valence-corrected chi connectivity index (χ4v) is 3.01. The van der Waals surface area contributed by atoms with Crippen LogP contribution in [0.15, 0.2) is 12.3 Å². The van der Waals surface area contributed by atoms with Crippen LogP contribution in [-0.4, -0.2) is 17.1 Å². The van der Waals surface area contributed by atoms with Gasteiger partial charge in [-0.25, -0.2) is 9.37 Å². The molecule has 1 aromatic heterocycles. The third-order valence-electron chi connectivity index (χ3n) is 4.88. The summed E-state index contributed by atoms with van der Waals surface area (Å²) >= 11 is 0. The Bertz CT molecular complexity index is 490. The van der Waals surface area contributed by atoms with Crippen LogP contribution in [0.3, 0.4) is 0 Å². The molecule has 3 nitrogen and oxygen atoms in total. The summed E-state index contributed by atoms with van der Waals surface area (Å²) in [6.07, 6.45) is 7.24. The van der Waals surface area contributed by atoms with Crippen LogP contribution in [0.2, 0.25) is 0 Å². The van der Waals surface area contributed by atoms with Gasteiger partial charge in [0.25, 0.3) is 0 Å². The van der Waals surface area contributed by atoms with Gasteiger partial charge in [0, 0.05) is 18.2 Å². The van der Waals surface area contributed by atoms with Gasteiger partial charge in [0.05, 0.1) is 6.20 Å². The minimum Gasteiger partial charge on any atom is -0.474 e. The van der Waals surface area contributed by atoms with E-state index in [9.17, 15) is 4.39 Å². The van der Waals surface area contributed by atoms with Crippen LogP contribution >= 0.6 is 0 Å². The first-order chi connectivity index (χ1) is 10.1. The molecule has 3 rings (SSSR count). The molecule has 0 bridgehead atoms. The van der Waals surface area contributed by atoms with E-state index in [0.29, 0.717) is 24.4 Å².